The number of thiazole rings is 1. The Balaban J connectivity index is 2.32. The Labute approximate surface area is 111 Å². The van der Waals surface area contributed by atoms with Crippen molar-refractivity contribution >= 4 is 23.0 Å². The van der Waals surface area contributed by atoms with E-state index in [1.54, 1.807) is 0 Å². The molecule has 0 N–H and O–H groups in total. The van der Waals surface area contributed by atoms with Crippen LogP contribution in [0.4, 0.5) is 0 Å². The Morgan fingerprint density at radius 1 is 1.39 bits per heavy atom. The van der Waals surface area contributed by atoms with E-state index in [0.29, 0.717) is 5.57 Å². The molecular weight excluding hydrogens is 240 g/mol. The van der Waals surface area contributed by atoms with Crippen LogP contribution in [0.3, 0.4) is 0 Å². The van der Waals surface area contributed by atoms with Crippen LogP contribution >= 0.6 is 11.3 Å². The molecule has 0 saturated heterocycles. The summed E-state index contributed by atoms with van der Waals surface area (Å²) in [6.45, 7) is 4.06. The molecule has 0 amide bonds. The first kappa shape index (κ1) is 12.5. The highest BCUT2D eigenvalue weighted by atomic mass is 32.1. The number of rotatable bonds is 3. The molecule has 90 valence electrons. The van der Waals surface area contributed by atoms with Crippen molar-refractivity contribution < 1.29 is 0 Å². The number of aryl methyl sites for hydroxylation is 2. The molecule has 2 aromatic rings. The van der Waals surface area contributed by atoms with Gasteiger partial charge in [-0.15, -0.1) is 11.3 Å². The lowest BCUT2D eigenvalue weighted by molar-refractivity contribution is 1.14. The maximum atomic E-state index is 9.20. The van der Waals surface area contributed by atoms with Crippen LogP contribution in [0, 0.1) is 18.3 Å². The highest BCUT2D eigenvalue weighted by Gasteiger charge is 2.05. The van der Waals surface area contributed by atoms with Gasteiger partial charge in [-0.05, 0) is 30.5 Å². The fourth-order valence-electron chi connectivity index (χ4n) is 1.64. The lowest BCUT2D eigenvalue weighted by atomic mass is 10.1. The summed E-state index contributed by atoms with van der Waals surface area (Å²) in [5.41, 5.74) is 3.92. The summed E-state index contributed by atoms with van der Waals surface area (Å²) in [6, 6.07) is 10.5. The zero-order chi connectivity index (χ0) is 13.0. The number of aromatic nitrogens is 1. The van der Waals surface area contributed by atoms with Gasteiger partial charge in [0.25, 0.3) is 0 Å². The third kappa shape index (κ3) is 2.85. The molecule has 0 aliphatic carbocycles. The highest BCUT2D eigenvalue weighted by molar-refractivity contribution is 7.11. The summed E-state index contributed by atoms with van der Waals surface area (Å²) in [6.07, 6.45) is 2.92. The van der Waals surface area contributed by atoms with Crippen molar-refractivity contribution in [1.82, 2.24) is 4.98 Å². The van der Waals surface area contributed by atoms with Gasteiger partial charge in [0.1, 0.15) is 11.1 Å². The van der Waals surface area contributed by atoms with Gasteiger partial charge in [0.2, 0.25) is 0 Å². The molecular formula is C15H14N2S. The fraction of sp³-hybridized carbons (Fsp3) is 0.200. The molecule has 0 fully saturated rings. The van der Waals surface area contributed by atoms with Crippen molar-refractivity contribution in [2.45, 2.75) is 20.3 Å². The van der Waals surface area contributed by atoms with E-state index in [1.807, 2.05) is 30.5 Å². The number of hydrogen-bond acceptors (Lipinski definition) is 3. The fourth-order valence-corrected chi connectivity index (χ4v) is 2.40. The molecule has 0 saturated carbocycles. The van der Waals surface area contributed by atoms with Crippen molar-refractivity contribution in [3.05, 3.63) is 51.5 Å². The van der Waals surface area contributed by atoms with Crippen LogP contribution in [-0.4, -0.2) is 4.98 Å². The average Bonchev–Trinajstić information content (AvgIpc) is 2.83. The van der Waals surface area contributed by atoms with Crippen LogP contribution in [-0.2, 0) is 6.42 Å². The summed E-state index contributed by atoms with van der Waals surface area (Å²) in [4.78, 5) is 4.34. The van der Waals surface area contributed by atoms with E-state index < -0.39 is 0 Å². The Kier molecular flexibility index (Phi) is 3.91. The first-order valence-electron chi connectivity index (χ1n) is 5.86. The molecule has 0 aliphatic rings. The number of hydrogen-bond donors (Lipinski definition) is 0. The number of allylic oxidation sites excluding steroid dienone is 1. The van der Waals surface area contributed by atoms with Gasteiger partial charge in [0.05, 0.1) is 5.57 Å². The first-order valence-corrected chi connectivity index (χ1v) is 6.74. The Morgan fingerprint density at radius 3 is 2.61 bits per heavy atom. The molecule has 0 bridgehead atoms. The zero-order valence-electron chi connectivity index (χ0n) is 10.5. The van der Waals surface area contributed by atoms with Crippen LogP contribution < -0.4 is 0 Å². The number of nitriles is 1. The van der Waals surface area contributed by atoms with Crippen molar-refractivity contribution in [2.24, 2.45) is 0 Å². The van der Waals surface area contributed by atoms with Crippen molar-refractivity contribution in [3.63, 3.8) is 0 Å². The average molecular weight is 254 g/mol. The summed E-state index contributed by atoms with van der Waals surface area (Å²) in [7, 11) is 0. The van der Waals surface area contributed by atoms with Gasteiger partial charge < -0.3 is 0 Å². The van der Waals surface area contributed by atoms with Gasteiger partial charge in [0.15, 0.2) is 0 Å². The lowest BCUT2D eigenvalue weighted by Crippen LogP contribution is -1.83. The minimum Gasteiger partial charge on any atom is -0.241 e. The third-order valence-electron chi connectivity index (χ3n) is 2.67. The SMILES string of the molecule is CCc1ccc(/C=C(\C#N)c2nc(C)cs2)cc1. The molecule has 1 aromatic heterocycles. The quantitative estimate of drug-likeness (QED) is 0.774. The Bertz CT molecular complexity index is 600. The van der Waals surface area contributed by atoms with Gasteiger partial charge >= 0.3 is 0 Å². The zero-order valence-corrected chi connectivity index (χ0v) is 11.3. The second-order valence-electron chi connectivity index (χ2n) is 4.06. The second kappa shape index (κ2) is 5.61. The minimum absolute atomic E-state index is 0.623. The van der Waals surface area contributed by atoms with Crippen molar-refractivity contribution in [3.8, 4) is 6.07 Å². The molecule has 3 heteroatoms. The molecule has 1 aromatic carbocycles. The maximum Gasteiger partial charge on any atom is 0.134 e. The number of benzene rings is 1. The van der Waals surface area contributed by atoms with Gasteiger partial charge in [0, 0.05) is 11.1 Å². The van der Waals surface area contributed by atoms with E-state index in [0.717, 1.165) is 22.7 Å². The van der Waals surface area contributed by atoms with Gasteiger partial charge in [-0.25, -0.2) is 4.98 Å². The minimum atomic E-state index is 0.623. The van der Waals surface area contributed by atoms with Crippen LogP contribution in [0.15, 0.2) is 29.6 Å². The number of nitrogens with zero attached hydrogens (tertiary/aromatic N) is 2. The van der Waals surface area contributed by atoms with Crippen molar-refractivity contribution in [2.75, 3.05) is 0 Å². The predicted octanol–water partition coefficient (Wildman–Crippen LogP) is 4.08. The Morgan fingerprint density at radius 2 is 2.11 bits per heavy atom. The van der Waals surface area contributed by atoms with Gasteiger partial charge in [-0.2, -0.15) is 5.26 Å². The normalized spacial score (nSPS) is 11.3. The summed E-state index contributed by atoms with van der Waals surface area (Å²) in [5, 5.41) is 11.9. The second-order valence-corrected chi connectivity index (χ2v) is 4.92. The summed E-state index contributed by atoms with van der Waals surface area (Å²) < 4.78 is 0. The van der Waals surface area contributed by atoms with E-state index in [4.69, 9.17) is 0 Å². The third-order valence-corrected chi connectivity index (χ3v) is 3.66. The van der Waals surface area contributed by atoms with Crippen LogP contribution in [0.1, 0.15) is 28.8 Å². The summed E-state index contributed by atoms with van der Waals surface area (Å²) >= 11 is 1.51. The molecule has 1 heterocycles. The van der Waals surface area contributed by atoms with Crippen molar-refractivity contribution in [1.29, 1.82) is 5.26 Å². The topological polar surface area (TPSA) is 36.7 Å². The van der Waals surface area contributed by atoms with E-state index in [9.17, 15) is 5.26 Å². The molecule has 0 unspecified atom stereocenters. The largest absolute Gasteiger partial charge is 0.241 e. The molecule has 18 heavy (non-hydrogen) atoms. The van der Waals surface area contributed by atoms with Gasteiger partial charge in [-0.1, -0.05) is 31.2 Å². The monoisotopic (exact) mass is 254 g/mol. The molecule has 0 aliphatic heterocycles. The molecule has 2 rings (SSSR count). The first-order chi connectivity index (χ1) is 8.72. The van der Waals surface area contributed by atoms with E-state index in [1.165, 1.54) is 16.9 Å². The molecule has 0 spiro atoms. The molecule has 0 radical (unpaired) electrons. The van der Waals surface area contributed by atoms with Gasteiger partial charge in [-0.3, -0.25) is 0 Å². The van der Waals surface area contributed by atoms with E-state index in [2.05, 4.69) is 30.1 Å². The molecule has 0 atom stereocenters. The Hall–Kier alpha value is -1.92. The standard InChI is InChI=1S/C15H14N2S/c1-3-12-4-6-13(7-5-12)8-14(9-16)15-17-11(2)10-18-15/h4-8,10H,3H2,1-2H3/b14-8+. The summed E-state index contributed by atoms with van der Waals surface area (Å²) in [5.74, 6) is 0. The molecule has 2 nitrogen and oxygen atoms in total. The van der Waals surface area contributed by atoms with Crippen LogP contribution in [0.25, 0.3) is 11.6 Å². The van der Waals surface area contributed by atoms with E-state index in [-0.39, 0.29) is 0 Å². The van der Waals surface area contributed by atoms with E-state index >= 15 is 0 Å². The van der Waals surface area contributed by atoms with Crippen LogP contribution in [0.5, 0.6) is 0 Å². The lowest BCUT2D eigenvalue weighted by Gasteiger charge is -1.98. The smallest absolute Gasteiger partial charge is 0.134 e. The highest BCUT2D eigenvalue weighted by Crippen LogP contribution is 2.21. The predicted molar refractivity (Wildman–Crippen MR) is 76.2 cm³/mol. The maximum absolute atomic E-state index is 9.20. The van der Waals surface area contributed by atoms with Crippen LogP contribution in [0.2, 0.25) is 0 Å².